The summed E-state index contributed by atoms with van der Waals surface area (Å²) in [4.78, 5) is 24.0. The normalized spacial score (nSPS) is 11.8. The van der Waals surface area contributed by atoms with E-state index in [4.69, 9.17) is 0 Å². The lowest BCUT2D eigenvalue weighted by Crippen LogP contribution is -2.24. The van der Waals surface area contributed by atoms with E-state index < -0.39 is 11.4 Å². The van der Waals surface area contributed by atoms with Gasteiger partial charge in [-0.3, -0.25) is 0 Å². The molecule has 4 aromatic carbocycles. The van der Waals surface area contributed by atoms with Crippen molar-refractivity contribution >= 4 is 32.3 Å². The number of H-pyrrole nitrogens is 2. The van der Waals surface area contributed by atoms with Crippen molar-refractivity contribution in [2.75, 3.05) is 0 Å². The van der Waals surface area contributed by atoms with Gasteiger partial charge in [0.2, 0.25) is 0 Å². The lowest BCUT2D eigenvalue weighted by atomic mass is 9.93. The third-order valence-corrected chi connectivity index (χ3v) is 4.43. The standard InChI is InChI=1S/C18H11N3O2/c22-17-19-20-18(23)21(17)14-9-7-12-5-4-10-2-1-3-11-6-8-13(14)16(12)15(10)11/h1-9H,(H,19,22)(H,20,23). The topological polar surface area (TPSA) is 70.7 Å². The molecule has 23 heavy (non-hydrogen) atoms. The average molecular weight is 301 g/mol. The molecule has 5 heteroatoms. The van der Waals surface area contributed by atoms with Crippen LogP contribution in [0, 0.1) is 0 Å². The van der Waals surface area contributed by atoms with Gasteiger partial charge in [0.05, 0.1) is 5.69 Å². The summed E-state index contributed by atoms with van der Waals surface area (Å²) >= 11 is 0. The summed E-state index contributed by atoms with van der Waals surface area (Å²) in [6, 6.07) is 18.1. The summed E-state index contributed by atoms with van der Waals surface area (Å²) in [5.74, 6) is 0. The van der Waals surface area contributed by atoms with E-state index in [1.54, 1.807) is 0 Å². The Morgan fingerprint density at radius 1 is 0.652 bits per heavy atom. The van der Waals surface area contributed by atoms with Crippen molar-refractivity contribution in [3.05, 3.63) is 75.6 Å². The van der Waals surface area contributed by atoms with Crippen LogP contribution in [0.15, 0.2) is 64.2 Å². The van der Waals surface area contributed by atoms with Gasteiger partial charge in [-0.25, -0.2) is 24.4 Å². The Bertz CT molecular complexity index is 1260. The van der Waals surface area contributed by atoms with Gasteiger partial charge in [-0.2, -0.15) is 0 Å². The van der Waals surface area contributed by atoms with E-state index in [-0.39, 0.29) is 0 Å². The number of rotatable bonds is 1. The Labute approximate surface area is 129 Å². The van der Waals surface area contributed by atoms with Crippen molar-refractivity contribution < 1.29 is 0 Å². The zero-order valence-corrected chi connectivity index (χ0v) is 12.0. The number of aromatic amines is 2. The van der Waals surface area contributed by atoms with Gasteiger partial charge in [0.25, 0.3) is 0 Å². The molecular formula is C18H11N3O2. The molecule has 0 unspecified atom stereocenters. The molecule has 5 rings (SSSR count). The molecule has 1 aromatic heterocycles. The molecule has 0 aliphatic rings. The second-order valence-corrected chi connectivity index (χ2v) is 5.64. The molecule has 5 nitrogen and oxygen atoms in total. The maximum atomic E-state index is 12.0. The quantitative estimate of drug-likeness (QED) is 0.467. The van der Waals surface area contributed by atoms with Crippen molar-refractivity contribution in [2.24, 2.45) is 0 Å². The van der Waals surface area contributed by atoms with Crippen molar-refractivity contribution in [1.82, 2.24) is 14.8 Å². The first-order valence-corrected chi connectivity index (χ1v) is 7.31. The number of nitrogens with one attached hydrogen (secondary N) is 2. The molecule has 0 spiro atoms. The predicted molar refractivity (Wildman–Crippen MR) is 90.7 cm³/mol. The molecule has 1 heterocycles. The predicted octanol–water partition coefficient (Wildman–Crippen LogP) is 2.75. The van der Waals surface area contributed by atoms with E-state index in [0.717, 1.165) is 36.9 Å². The lowest BCUT2D eigenvalue weighted by Gasteiger charge is -2.13. The molecule has 2 N–H and O–H groups in total. The van der Waals surface area contributed by atoms with E-state index in [2.05, 4.69) is 34.5 Å². The van der Waals surface area contributed by atoms with Crippen LogP contribution < -0.4 is 11.4 Å². The van der Waals surface area contributed by atoms with E-state index in [9.17, 15) is 9.59 Å². The Balaban J connectivity index is 2.08. The first-order valence-electron chi connectivity index (χ1n) is 7.31. The number of hydrogen-bond donors (Lipinski definition) is 2. The smallest absolute Gasteiger partial charge is 0.247 e. The first kappa shape index (κ1) is 12.2. The minimum atomic E-state index is -0.468. The van der Waals surface area contributed by atoms with Gasteiger partial charge in [-0.15, -0.1) is 0 Å². The van der Waals surface area contributed by atoms with Gasteiger partial charge in [-0.1, -0.05) is 48.5 Å². The molecule has 110 valence electrons. The molecular weight excluding hydrogens is 290 g/mol. The van der Waals surface area contributed by atoms with Crippen molar-refractivity contribution in [3.63, 3.8) is 0 Å². The summed E-state index contributed by atoms with van der Waals surface area (Å²) in [6.07, 6.45) is 0. The molecule has 0 fully saturated rings. The highest BCUT2D eigenvalue weighted by molar-refractivity contribution is 6.24. The SMILES string of the molecule is O=c1[nH][nH]c(=O)n1-c1ccc2ccc3cccc4ccc1c2c34. The van der Waals surface area contributed by atoms with Crippen LogP contribution in [0.4, 0.5) is 0 Å². The summed E-state index contributed by atoms with van der Waals surface area (Å²) in [7, 11) is 0. The summed E-state index contributed by atoms with van der Waals surface area (Å²) in [5, 5.41) is 11.2. The van der Waals surface area contributed by atoms with E-state index in [1.807, 2.05) is 30.3 Å². The van der Waals surface area contributed by atoms with Gasteiger partial charge in [0, 0.05) is 5.39 Å². The van der Waals surface area contributed by atoms with Crippen molar-refractivity contribution in [3.8, 4) is 5.69 Å². The first-order chi connectivity index (χ1) is 11.2. The lowest BCUT2D eigenvalue weighted by molar-refractivity contribution is 0.961. The highest BCUT2D eigenvalue weighted by Crippen LogP contribution is 2.36. The molecule has 0 aliphatic carbocycles. The molecule has 0 saturated heterocycles. The Kier molecular flexibility index (Phi) is 2.18. The van der Waals surface area contributed by atoms with Gasteiger partial charge in [-0.05, 0) is 33.0 Å². The van der Waals surface area contributed by atoms with E-state index in [0.29, 0.717) is 5.69 Å². The monoisotopic (exact) mass is 301 g/mol. The van der Waals surface area contributed by atoms with Crippen LogP contribution in [0.25, 0.3) is 38.0 Å². The molecule has 0 aliphatic heterocycles. The zero-order chi connectivity index (χ0) is 15.6. The van der Waals surface area contributed by atoms with Gasteiger partial charge >= 0.3 is 11.4 Å². The van der Waals surface area contributed by atoms with Crippen LogP contribution in [0.5, 0.6) is 0 Å². The molecule has 0 radical (unpaired) electrons. The number of nitrogens with zero attached hydrogens (tertiary/aromatic N) is 1. The van der Waals surface area contributed by atoms with Crippen molar-refractivity contribution in [1.29, 1.82) is 0 Å². The van der Waals surface area contributed by atoms with Gasteiger partial charge < -0.3 is 0 Å². The number of aromatic nitrogens is 3. The minimum absolute atomic E-state index is 0.468. The third kappa shape index (κ3) is 1.51. The molecule has 5 aromatic rings. The minimum Gasteiger partial charge on any atom is -0.247 e. The summed E-state index contributed by atoms with van der Waals surface area (Å²) in [5.41, 5.74) is -0.349. The van der Waals surface area contributed by atoms with E-state index in [1.165, 1.54) is 0 Å². The average Bonchev–Trinajstić information content (AvgIpc) is 2.91. The fourth-order valence-corrected chi connectivity index (χ4v) is 3.44. The maximum Gasteiger partial charge on any atom is 0.349 e. The molecule has 0 saturated carbocycles. The fraction of sp³-hybridized carbons (Fsp3) is 0. The van der Waals surface area contributed by atoms with E-state index >= 15 is 0 Å². The second kappa shape index (κ2) is 4.10. The molecule has 0 amide bonds. The molecule has 0 bridgehead atoms. The molecule has 0 atom stereocenters. The Morgan fingerprint density at radius 3 is 1.91 bits per heavy atom. The van der Waals surface area contributed by atoms with Crippen LogP contribution in [0.2, 0.25) is 0 Å². The van der Waals surface area contributed by atoms with Crippen LogP contribution >= 0.6 is 0 Å². The summed E-state index contributed by atoms with van der Waals surface area (Å²) in [6.45, 7) is 0. The van der Waals surface area contributed by atoms with Crippen LogP contribution in [-0.2, 0) is 0 Å². The summed E-state index contributed by atoms with van der Waals surface area (Å²) < 4.78 is 1.13. The highest BCUT2D eigenvalue weighted by atomic mass is 16.2. The third-order valence-electron chi connectivity index (χ3n) is 4.43. The van der Waals surface area contributed by atoms with Crippen LogP contribution in [0.3, 0.4) is 0 Å². The van der Waals surface area contributed by atoms with Crippen LogP contribution in [-0.4, -0.2) is 14.8 Å². The Hall–Kier alpha value is -3.34. The number of hydrogen-bond acceptors (Lipinski definition) is 2. The Morgan fingerprint density at radius 2 is 1.22 bits per heavy atom. The largest absolute Gasteiger partial charge is 0.349 e. The second-order valence-electron chi connectivity index (χ2n) is 5.64. The van der Waals surface area contributed by atoms with Gasteiger partial charge in [0.1, 0.15) is 0 Å². The maximum absolute atomic E-state index is 12.0. The number of benzene rings is 4. The highest BCUT2D eigenvalue weighted by Gasteiger charge is 2.14. The van der Waals surface area contributed by atoms with Crippen molar-refractivity contribution in [2.45, 2.75) is 0 Å². The zero-order valence-electron chi connectivity index (χ0n) is 12.0. The van der Waals surface area contributed by atoms with Crippen LogP contribution in [0.1, 0.15) is 0 Å². The van der Waals surface area contributed by atoms with Gasteiger partial charge in [0.15, 0.2) is 0 Å². The fourth-order valence-electron chi connectivity index (χ4n) is 3.44.